The Bertz CT molecular complexity index is 141. The van der Waals surface area contributed by atoms with E-state index in [1.807, 2.05) is 19.9 Å². The van der Waals surface area contributed by atoms with Crippen molar-refractivity contribution >= 4 is 6.09 Å². The van der Waals surface area contributed by atoms with Gasteiger partial charge in [-0.1, -0.05) is 13.0 Å². The van der Waals surface area contributed by atoms with Crippen LogP contribution in [-0.4, -0.2) is 13.2 Å². The minimum Gasteiger partial charge on any atom is -0.453 e. The van der Waals surface area contributed by atoms with Gasteiger partial charge in [-0.15, -0.1) is 0 Å². The Morgan fingerprint density at radius 1 is 1.70 bits per heavy atom. The minimum atomic E-state index is -0.407. The summed E-state index contributed by atoms with van der Waals surface area (Å²) in [6.07, 6.45) is 2.25. The molecule has 0 saturated heterocycles. The molecule has 3 heteroatoms. The van der Waals surface area contributed by atoms with E-state index in [1.54, 1.807) is 0 Å². The fraction of sp³-hybridized carbons (Fsp3) is 0.571. The van der Waals surface area contributed by atoms with Crippen LogP contribution in [0.1, 0.15) is 20.3 Å². The molecule has 0 aromatic carbocycles. The van der Waals surface area contributed by atoms with Crippen molar-refractivity contribution in [1.29, 1.82) is 0 Å². The molecule has 0 saturated carbocycles. The SMILES string of the molecule is C/C=C(\CC)NC(=O)OC. The molecule has 58 valence electrons. The van der Waals surface area contributed by atoms with E-state index in [2.05, 4.69) is 10.1 Å². The molecular formula is C7H13NO2. The first-order chi connectivity index (χ1) is 4.74. The molecule has 0 aliphatic rings. The molecule has 0 aliphatic heterocycles. The van der Waals surface area contributed by atoms with Gasteiger partial charge in [0, 0.05) is 5.70 Å². The van der Waals surface area contributed by atoms with Gasteiger partial charge in [-0.3, -0.25) is 5.32 Å². The van der Waals surface area contributed by atoms with Gasteiger partial charge in [0.2, 0.25) is 0 Å². The molecule has 1 amide bonds. The molecule has 0 aromatic heterocycles. The second-order valence-corrected chi connectivity index (χ2v) is 1.78. The summed E-state index contributed by atoms with van der Waals surface area (Å²) in [6, 6.07) is 0. The Morgan fingerprint density at radius 3 is 2.60 bits per heavy atom. The predicted octanol–water partition coefficient (Wildman–Crippen LogP) is 1.66. The second kappa shape index (κ2) is 4.85. The average Bonchev–Trinajstić information content (AvgIpc) is 1.99. The molecule has 0 aliphatic carbocycles. The van der Waals surface area contributed by atoms with Crippen LogP contribution in [-0.2, 0) is 4.74 Å². The third kappa shape index (κ3) is 3.12. The van der Waals surface area contributed by atoms with Gasteiger partial charge < -0.3 is 4.74 Å². The minimum absolute atomic E-state index is 0.407. The van der Waals surface area contributed by atoms with E-state index < -0.39 is 6.09 Å². The van der Waals surface area contributed by atoms with Crippen molar-refractivity contribution < 1.29 is 9.53 Å². The van der Waals surface area contributed by atoms with Crippen molar-refractivity contribution in [2.45, 2.75) is 20.3 Å². The van der Waals surface area contributed by atoms with Gasteiger partial charge >= 0.3 is 6.09 Å². The first-order valence-electron chi connectivity index (χ1n) is 3.24. The highest BCUT2D eigenvalue weighted by Gasteiger charge is 1.98. The van der Waals surface area contributed by atoms with Crippen LogP contribution in [0.15, 0.2) is 11.8 Å². The maximum absolute atomic E-state index is 10.6. The third-order valence-electron chi connectivity index (χ3n) is 1.18. The topological polar surface area (TPSA) is 38.3 Å². The molecular weight excluding hydrogens is 130 g/mol. The molecule has 0 unspecified atom stereocenters. The number of hydrogen-bond acceptors (Lipinski definition) is 2. The van der Waals surface area contributed by atoms with Gasteiger partial charge in [0.25, 0.3) is 0 Å². The van der Waals surface area contributed by atoms with Crippen molar-refractivity contribution in [1.82, 2.24) is 5.32 Å². The normalized spacial score (nSPS) is 10.9. The zero-order valence-corrected chi connectivity index (χ0v) is 6.60. The average molecular weight is 143 g/mol. The van der Waals surface area contributed by atoms with Gasteiger partial charge in [0.15, 0.2) is 0 Å². The highest BCUT2D eigenvalue weighted by atomic mass is 16.5. The van der Waals surface area contributed by atoms with E-state index in [0.717, 1.165) is 12.1 Å². The Labute approximate surface area is 61.1 Å². The van der Waals surface area contributed by atoms with E-state index in [-0.39, 0.29) is 0 Å². The summed E-state index contributed by atoms with van der Waals surface area (Å²) < 4.78 is 4.39. The number of alkyl carbamates (subject to hydrolysis) is 1. The van der Waals surface area contributed by atoms with E-state index in [9.17, 15) is 4.79 Å². The standard InChI is InChI=1S/C7H13NO2/c1-4-6(5-2)8-7(9)10-3/h4H,5H2,1-3H3,(H,8,9)/b6-4+. The highest BCUT2D eigenvalue weighted by molar-refractivity contribution is 5.69. The summed E-state index contributed by atoms with van der Waals surface area (Å²) >= 11 is 0. The lowest BCUT2D eigenvalue weighted by molar-refractivity contribution is 0.174. The molecule has 0 heterocycles. The third-order valence-corrected chi connectivity index (χ3v) is 1.18. The lowest BCUT2D eigenvalue weighted by Crippen LogP contribution is -2.21. The number of allylic oxidation sites excluding steroid dienone is 2. The van der Waals surface area contributed by atoms with Gasteiger partial charge in [0.05, 0.1) is 7.11 Å². The van der Waals surface area contributed by atoms with Crippen molar-refractivity contribution in [3.8, 4) is 0 Å². The zero-order valence-electron chi connectivity index (χ0n) is 6.60. The van der Waals surface area contributed by atoms with Crippen LogP contribution >= 0.6 is 0 Å². The molecule has 0 aromatic rings. The number of carbonyl (C=O) groups is 1. The number of rotatable bonds is 2. The van der Waals surface area contributed by atoms with Gasteiger partial charge in [-0.05, 0) is 13.3 Å². The van der Waals surface area contributed by atoms with Crippen LogP contribution in [0.2, 0.25) is 0 Å². The molecule has 0 bridgehead atoms. The molecule has 0 rings (SSSR count). The maximum Gasteiger partial charge on any atom is 0.411 e. The molecule has 0 atom stereocenters. The molecule has 0 spiro atoms. The lowest BCUT2D eigenvalue weighted by atomic mass is 10.3. The Balaban J connectivity index is 3.76. The largest absolute Gasteiger partial charge is 0.453 e. The van der Waals surface area contributed by atoms with Crippen molar-refractivity contribution in [3.63, 3.8) is 0 Å². The summed E-state index contributed by atoms with van der Waals surface area (Å²) in [5, 5.41) is 2.57. The van der Waals surface area contributed by atoms with Gasteiger partial charge in [0.1, 0.15) is 0 Å². The predicted molar refractivity (Wildman–Crippen MR) is 39.6 cm³/mol. The Hall–Kier alpha value is -0.990. The molecule has 0 radical (unpaired) electrons. The highest BCUT2D eigenvalue weighted by Crippen LogP contribution is 1.94. The van der Waals surface area contributed by atoms with Crippen LogP contribution in [0.5, 0.6) is 0 Å². The van der Waals surface area contributed by atoms with Gasteiger partial charge in [-0.25, -0.2) is 4.79 Å². The van der Waals surface area contributed by atoms with E-state index in [1.165, 1.54) is 7.11 Å². The number of ether oxygens (including phenoxy) is 1. The Morgan fingerprint density at radius 2 is 2.30 bits per heavy atom. The number of hydrogen-bond donors (Lipinski definition) is 1. The van der Waals surface area contributed by atoms with Crippen molar-refractivity contribution in [2.24, 2.45) is 0 Å². The summed E-state index contributed by atoms with van der Waals surface area (Å²) in [5.74, 6) is 0. The lowest BCUT2D eigenvalue weighted by Gasteiger charge is -2.03. The van der Waals surface area contributed by atoms with Crippen LogP contribution < -0.4 is 5.32 Å². The van der Waals surface area contributed by atoms with Crippen LogP contribution in [0.25, 0.3) is 0 Å². The monoisotopic (exact) mass is 143 g/mol. The second-order valence-electron chi connectivity index (χ2n) is 1.78. The van der Waals surface area contributed by atoms with Crippen molar-refractivity contribution in [3.05, 3.63) is 11.8 Å². The smallest absolute Gasteiger partial charge is 0.411 e. The summed E-state index contributed by atoms with van der Waals surface area (Å²) in [7, 11) is 1.35. The fourth-order valence-electron chi connectivity index (χ4n) is 0.547. The maximum atomic E-state index is 10.6. The molecule has 1 N–H and O–H groups in total. The molecule has 0 fully saturated rings. The van der Waals surface area contributed by atoms with Crippen molar-refractivity contribution in [2.75, 3.05) is 7.11 Å². The van der Waals surface area contributed by atoms with E-state index in [0.29, 0.717) is 0 Å². The summed E-state index contributed by atoms with van der Waals surface area (Å²) in [4.78, 5) is 10.6. The summed E-state index contributed by atoms with van der Waals surface area (Å²) in [6.45, 7) is 3.83. The van der Waals surface area contributed by atoms with Crippen LogP contribution in [0, 0.1) is 0 Å². The zero-order chi connectivity index (χ0) is 7.98. The molecule has 10 heavy (non-hydrogen) atoms. The number of amides is 1. The van der Waals surface area contributed by atoms with E-state index >= 15 is 0 Å². The fourth-order valence-corrected chi connectivity index (χ4v) is 0.547. The van der Waals surface area contributed by atoms with E-state index in [4.69, 9.17) is 0 Å². The first-order valence-corrected chi connectivity index (χ1v) is 3.24. The molecule has 3 nitrogen and oxygen atoms in total. The number of carbonyl (C=O) groups excluding carboxylic acids is 1. The number of nitrogens with one attached hydrogen (secondary N) is 1. The van der Waals surface area contributed by atoms with Crippen LogP contribution in [0.4, 0.5) is 4.79 Å². The Kier molecular flexibility index (Phi) is 4.37. The van der Waals surface area contributed by atoms with Crippen LogP contribution in [0.3, 0.4) is 0 Å². The van der Waals surface area contributed by atoms with Gasteiger partial charge in [-0.2, -0.15) is 0 Å². The number of methoxy groups -OCH3 is 1. The summed E-state index contributed by atoms with van der Waals surface area (Å²) in [5.41, 5.74) is 0.881. The quantitative estimate of drug-likeness (QED) is 0.638. The first kappa shape index (κ1) is 9.01.